The third kappa shape index (κ3) is 5.90. The van der Waals surface area contributed by atoms with E-state index >= 15 is 0 Å². The van der Waals surface area contributed by atoms with Crippen LogP contribution in [0.1, 0.15) is 28.8 Å². The Morgan fingerprint density at radius 3 is 2.44 bits per heavy atom. The van der Waals surface area contributed by atoms with E-state index in [1.54, 1.807) is 19.2 Å². The van der Waals surface area contributed by atoms with Crippen molar-refractivity contribution in [3.05, 3.63) is 59.7 Å². The fourth-order valence-electron chi connectivity index (χ4n) is 2.42. The van der Waals surface area contributed by atoms with Crippen LogP contribution in [0.3, 0.4) is 0 Å². The van der Waals surface area contributed by atoms with Crippen LogP contribution in [0.5, 0.6) is 5.75 Å². The summed E-state index contributed by atoms with van der Waals surface area (Å²) in [5.41, 5.74) is 1.59. The van der Waals surface area contributed by atoms with Crippen LogP contribution >= 0.6 is 0 Å². The molecule has 134 valence electrons. The smallest absolute Gasteiger partial charge is 0.251 e. The molecule has 0 atom stereocenters. The van der Waals surface area contributed by atoms with Gasteiger partial charge in [0.2, 0.25) is 0 Å². The van der Waals surface area contributed by atoms with Gasteiger partial charge in [0.25, 0.3) is 5.91 Å². The first-order valence-electron chi connectivity index (χ1n) is 8.11. The SMILES string of the molecule is COc1ccc(CCCCNC(=O)c2cccc(S(C)(=O)=O)c2)cc1. The van der Waals surface area contributed by atoms with Crippen LogP contribution in [-0.2, 0) is 16.3 Å². The molecule has 0 saturated carbocycles. The molecule has 0 aromatic heterocycles. The van der Waals surface area contributed by atoms with Gasteiger partial charge < -0.3 is 10.1 Å². The van der Waals surface area contributed by atoms with Crippen molar-refractivity contribution in [2.75, 3.05) is 19.9 Å². The van der Waals surface area contributed by atoms with Gasteiger partial charge in [-0.2, -0.15) is 0 Å². The second-order valence-corrected chi connectivity index (χ2v) is 7.88. The number of ether oxygens (including phenoxy) is 1. The highest BCUT2D eigenvalue weighted by Crippen LogP contribution is 2.13. The average Bonchev–Trinajstić information content (AvgIpc) is 2.61. The number of hydrogen-bond acceptors (Lipinski definition) is 4. The number of carbonyl (C=O) groups excluding carboxylic acids is 1. The van der Waals surface area contributed by atoms with Crippen molar-refractivity contribution in [3.63, 3.8) is 0 Å². The fourth-order valence-corrected chi connectivity index (χ4v) is 3.09. The first-order chi connectivity index (χ1) is 11.9. The Hall–Kier alpha value is -2.34. The molecule has 0 spiro atoms. The van der Waals surface area contributed by atoms with Crippen molar-refractivity contribution < 1.29 is 17.9 Å². The second-order valence-electron chi connectivity index (χ2n) is 5.86. The number of sulfone groups is 1. The molecule has 0 heterocycles. The lowest BCUT2D eigenvalue weighted by Gasteiger charge is -2.07. The van der Waals surface area contributed by atoms with E-state index in [4.69, 9.17) is 4.74 Å². The van der Waals surface area contributed by atoms with Gasteiger partial charge in [-0.15, -0.1) is 0 Å². The van der Waals surface area contributed by atoms with Gasteiger partial charge in [0.05, 0.1) is 12.0 Å². The van der Waals surface area contributed by atoms with E-state index in [1.165, 1.54) is 17.7 Å². The van der Waals surface area contributed by atoms with Crippen LogP contribution in [-0.4, -0.2) is 34.2 Å². The Kier molecular flexibility index (Phi) is 6.58. The molecule has 0 fully saturated rings. The summed E-state index contributed by atoms with van der Waals surface area (Å²) in [5, 5.41) is 2.83. The van der Waals surface area contributed by atoms with Gasteiger partial charge in [-0.05, 0) is 55.2 Å². The minimum absolute atomic E-state index is 0.152. The molecule has 0 aliphatic rings. The van der Waals surface area contributed by atoms with E-state index in [0.29, 0.717) is 12.1 Å². The Balaban J connectivity index is 1.77. The number of nitrogens with one attached hydrogen (secondary N) is 1. The molecule has 2 aromatic rings. The number of methoxy groups -OCH3 is 1. The highest BCUT2D eigenvalue weighted by atomic mass is 32.2. The van der Waals surface area contributed by atoms with Gasteiger partial charge in [0.1, 0.15) is 5.75 Å². The highest BCUT2D eigenvalue weighted by molar-refractivity contribution is 7.90. The number of benzene rings is 2. The van der Waals surface area contributed by atoms with Crippen LogP contribution < -0.4 is 10.1 Å². The summed E-state index contributed by atoms with van der Waals surface area (Å²) in [7, 11) is -1.67. The predicted octanol–water partition coefficient (Wildman–Crippen LogP) is 2.85. The molecular formula is C19H23NO4S. The summed E-state index contributed by atoms with van der Waals surface area (Å²) in [4.78, 5) is 12.3. The lowest BCUT2D eigenvalue weighted by Crippen LogP contribution is -2.24. The maximum atomic E-state index is 12.1. The van der Waals surface area contributed by atoms with Gasteiger partial charge in [-0.3, -0.25) is 4.79 Å². The van der Waals surface area contributed by atoms with Crippen molar-refractivity contribution in [2.24, 2.45) is 0 Å². The van der Waals surface area contributed by atoms with E-state index in [2.05, 4.69) is 5.32 Å². The predicted molar refractivity (Wildman–Crippen MR) is 97.8 cm³/mol. The summed E-state index contributed by atoms with van der Waals surface area (Å²) in [6.07, 6.45) is 3.87. The summed E-state index contributed by atoms with van der Waals surface area (Å²) in [5.74, 6) is 0.585. The van der Waals surface area contributed by atoms with Crippen LogP contribution in [0.25, 0.3) is 0 Å². The largest absolute Gasteiger partial charge is 0.497 e. The van der Waals surface area contributed by atoms with Crippen molar-refractivity contribution in [3.8, 4) is 5.75 Å². The molecule has 2 rings (SSSR count). The van der Waals surface area contributed by atoms with E-state index in [-0.39, 0.29) is 10.8 Å². The summed E-state index contributed by atoms with van der Waals surface area (Å²) in [6.45, 7) is 0.554. The van der Waals surface area contributed by atoms with Crippen molar-refractivity contribution in [2.45, 2.75) is 24.2 Å². The Morgan fingerprint density at radius 2 is 1.80 bits per heavy atom. The normalized spacial score (nSPS) is 11.1. The standard InChI is InChI=1S/C19H23NO4S/c1-24-17-11-9-15(10-12-17)6-3-4-13-20-19(21)16-7-5-8-18(14-16)25(2,22)23/h5,7-12,14H,3-4,6,13H2,1-2H3,(H,20,21). The first-order valence-corrected chi connectivity index (χ1v) is 10.0. The van der Waals surface area contributed by atoms with E-state index in [9.17, 15) is 13.2 Å². The van der Waals surface area contributed by atoms with Gasteiger partial charge in [0.15, 0.2) is 9.84 Å². The van der Waals surface area contributed by atoms with Gasteiger partial charge in [-0.25, -0.2) is 8.42 Å². The third-order valence-electron chi connectivity index (χ3n) is 3.86. The quantitative estimate of drug-likeness (QED) is 0.734. The molecule has 0 radical (unpaired) electrons. The zero-order valence-corrected chi connectivity index (χ0v) is 15.3. The summed E-state index contributed by atoms with van der Waals surface area (Å²) < 4.78 is 28.2. The molecule has 0 bridgehead atoms. The second kappa shape index (κ2) is 8.67. The zero-order chi connectivity index (χ0) is 18.3. The monoisotopic (exact) mass is 361 g/mol. The van der Waals surface area contributed by atoms with Crippen LogP contribution in [0.2, 0.25) is 0 Å². The molecule has 0 saturated heterocycles. The highest BCUT2D eigenvalue weighted by Gasteiger charge is 2.11. The topological polar surface area (TPSA) is 72.5 Å². The van der Waals surface area contributed by atoms with Gasteiger partial charge in [-0.1, -0.05) is 18.2 Å². The fraction of sp³-hybridized carbons (Fsp3) is 0.316. The molecule has 1 N–H and O–H groups in total. The summed E-state index contributed by atoms with van der Waals surface area (Å²) in [6, 6.07) is 14.0. The van der Waals surface area contributed by atoms with Gasteiger partial charge >= 0.3 is 0 Å². The molecule has 5 nitrogen and oxygen atoms in total. The van der Waals surface area contributed by atoms with Crippen LogP contribution in [0, 0.1) is 0 Å². The Morgan fingerprint density at radius 1 is 1.08 bits per heavy atom. The van der Waals surface area contributed by atoms with Crippen LogP contribution in [0.4, 0.5) is 0 Å². The third-order valence-corrected chi connectivity index (χ3v) is 4.97. The maximum absolute atomic E-state index is 12.1. The number of aryl methyl sites for hydroxylation is 1. The summed E-state index contributed by atoms with van der Waals surface area (Å²) >= 11 is 0. The van der Waals surface area contributed by atoms with Crippen molar-refractivity contribution in [1.82, 2.24) is 5.32 Å². The minimum Gasteiger partial charge on any atom is -0.497 e. The molecule has 1 amide bonds. The molecule has 0 unspecified atom stereocenters. The maximum Gasteiger partial charge on any atom is 0.251 e. The van der Waals surface area contributed by atoms with Crippen molar-refractivity contribution in [1.29, 1.82) is 0 Å². The molecule has 2 aromatic carbocycles. The Bertz CT molecular complexity index is 814. The van der Waals surface area contributed by atoms with Crippen LogP contribution in [0.15, 0.2) is 53.4 Å². The zero-order valence-electron chi connectivity index (χ0n) is 14.5. The first kappa shape index (κ1) is 19.0. The van der Waals surface area contributed by atoms with E-state index in [1.807, 2.05) is 24.3 Å². The molecule has 0 aliphatic heterocycles. The lowest BCUT2D eigenvalue weighted by atomic mass is 10.1. The Labute approximate surface area is 148 Å². The number of hydrogen-bond donors (Lipinski definition) is 1. The van der Waals surface area contributed by atoms with E-state index in [0.717, 1.165) is 31.3 Å². The number of unbranched alkanes of at least 4 members (excludes halogenated alkanes) is 1. The minimum atomic E-state index is -3.31. The molecule has 25 heavy (non-hydrogen) atoms. The number of rotatable bonds is 8. The molecule has 0 aliphatic carbocycles. The lowest BCUT2D eigenvalue weighted by molar-refractivity contribution is 0.0953. The molecular weight excluding hydrogens is 338 g/mol. The molecule has 6 heteroatoms. The number of carbonyl (C=O) groups is 1. The van der Waals surface area contributed by atoms with Gasteiger partial charge in [0, 0.05) is 18.4 Å². The number of amides is 1. The van der Waals surface area contributed by atoms with Crippen molar-refractivity contribution >= 4 is 15.7 Å². The average molecular weight is 361 g/mol. The van der Waals surface area contributed by atoms with E-state index < -0.39 is 9.84 Å².